The maximum atomic E-state index is 3.08. The van der Waals surface area contributed by atoms with Gasteiger partial charge < -0.3 is 0 Å². The van der Waals surface area contributed by atoms with E-state index in [4.69, 9.17) is 0 Å². The van der Waals surface area contributed by atoms with Crippen molar-refractivity contribution in [2.75, 3.05) is 0 Å². The average molecular weight is 281 g/mol. The molecule has 1 radical (unpaired) electrons. The number of hydrogen-bond acceptors (Lipinski definition) is 0. The third-order valence-electron chi connectivity index (χ3n) is 0. The van der Waals surface area contributed by atoms with Crippen LogP contribution in [0.2, 0.25) is 0 Å². The Morgan fingerprint density at radius 2 is 1.25 bits per heavy atom. The molecule has 0 heterocycles. The van der Waals surface area contributed by atoms with Crippen molar-refractivity contribution >= 4 is 8.85 Å². The fourth-order valence-corrected chi connectivity index (χ4v) is 0. The molecule has 0 nitrogen and oxygen atoms in total. The molecular weight excluding hydrogens is 278 g/mol. The van der Waals surface area contributed by atoms with Gasteiger partial charge in [0, 0.05) is 52.7 Å². The SMILES string of the molecule is [Fe].[La].[SiH3][Mn]. The molecule has 0 bridgehead atoms. The molecule has 0 unspecified atom stereocenters. The summed E-state index contributed by atoms with van der Waals surface area (Å²) in [6.45, 7) is 0. The van der Waals surface area contributed by atoms with Crippen molar-refractivity contribution in [1.29, 1.82) is 0 Å². The van der Waals surface area contributed by atoms with Crippen LogP contribution >= 0.6 is 0 Å². The van der Waals surface area contributed by atoms with Crippen LogP contribution in [0.5, 0.6) is 0 Å². The Labute approximate surface area is 75.6 Å². The first-order valence-electron chi connectivity index (χ1n) is 0.378. The van der Waals surface area contributed by atoms with E-state index in [2.05, 4.69) is 15.4 Å². The Balaban J connectivity index is -0.00000000500. The second-order valence-corrected chi connectivity index (χ2v) is 0. The van der Waals surface area contributed by atoms with Gasteiger partial charge in [0.05, 0.1) is 0 Å². The molecule has 0 aliphatic heterocycles. The Bertz CT molecular complexity index is 8.00. The molecule has 4 heteroatoms. The quantitative estimate of drug-likeness (QED) is 0.490. The van der Waals surface area contributed by atoms with Gasteiger partial charge in [-0.15, -0.1) is 0 Å². The average Bonchev–Trinajstić information content (AvgIpc) is 1.00. The van der Waals surface area contributed by atoms with Gasteiger partial charge in [0.15, 0.2) is 0 Å². The Kier molecular flexibility index (Phi) is 72.3. The van der Waals surface area contributed by atoms with Gasteiger partial charge in [0.1, 0.15) is 0 Å². The second kappa shape index (κ2) is 18.0. The van der Waals surface area contributed by atoms with Crippen molar-refractivity contribution in [1.82, 2.24) is 0 Å². The monoisotopic (exact) mass is 281 g/mol. The predicted molar refractivity (Wildman–Crippen MR) is 9.94 cm³/mol. The molecule has 25 valence electrons. The molecule has 0 saturated heterocycles. The molecule has 0 atom stereocenters. The summed E-state index contributed by atoms with van der Waals surface area (Å²) in [7, 11) is 1.12. The third-order valence-corrected chi connectivity index (χ3v) is 0. The summed E-state index contributed by atoms with van der Waals surface area (Å²) in [4.78, 5) is 0. The van der Waals surface area contributed by atoms with Crippen LogP contribution in [0.4, 0.5) is 0 Å². The zero-order chi connectivity index (χ0) is 2.00. The first-order chi connectivity index (χ1) is 1.00. The van der Waals surface area contributed by atoms with Crippen molar-refractivity contribution in [3.63, 3.8) is 0 Å². The van der Waals surface area contributed by atoms with Crippen LogP contribution in [-0.4, -0.2) is 8.85 Å². The molecule has 0 fully saturated rings. The molecule has 4 heavy (non-hydrogen) atoms. The fourth-order valence-electron chi connectivity index (χ4n) is 0. The zero-order valence-corrected chi connectivity index (χ0v) is 10.2. The van der Waals surface area contributed by atoms with Gasteiger partial charge >= 0.3 is 24.2 Å². The van der Waals surface area contributed by atoms with Gasteiger partial charge in [-0.2, -0.15) is 0 Å². The summed E-state index contributed by atoms with van der Waals surface area (Å²) in [5, 5.41) is 0. The molecule has 0 aromatic rings. The van der Waals surface area contributed by atoms with E-state index >= 15 is 0 Å². The first-order valence-corrected chi connectivity index (χ1v) is 4.68. The van der Waals surface area contributed by atoms with E-state index in [1.54, 1.807) is 0 Å². The summed E-state index contributed by atoms with van der Waals surface area (Å²) < 4.78 is 0. The van der Waals surface area contributed by atoms with Crippen molar-refractivity contribution in [2.24, 2.45) is 0 Å². The molecular formula is H3FeLaMnSi. The van der Waals surface area contributed by atoms with E-state index in [9.17, 15) is 0 Å². The van der Waals surface area contributed by atoms with Gasteiger partial charge in [0.25, 0.3) is 0 Å². The maximum absolute atomic E-state index is 3.08. The fraction of sp³-hybridized carbons (Fsp3) is 0. The van der Waals surface area contributed by atoms with Crippen LogP contribution in [-0.2, 0) is 32.4 Å². The second-order valence-electron chi connectivity index (χ2n) is 0. The summed E-state index contributed by atoms with van der Waals surface area (Å²) in [5.74, 6) is 0. The molecule has 0 saturated carbocycles. The molecule has 0 amide bonds. The minimum absolute atomic E-state index is 0. The predicted octanol–water partition coefficient (Wildman–Crippen LogP) is -1.19. The summed E-state index contributed by atoms with van der Waals surface area (Å²) >= 11 is 3.08. The topological polar surface area (TPSA) is 0 Å². The van der Waals surface area contributed by atoms with Crippen molar-refractivity contribution < 1.29 is 68.0 Å². The van der Waals surface area contributed by atoms with Crippen molar-refractivity contribution in [3.05, 3.63) is 0 Å². The van der Waals surface area contributed by atoms with E-state index in [1.807, 2.05) is 0 Å². The van der Waals surface area contributed by atoms with Crippen molar-refractivity contribution in [3.8, 4) is 0 Å². The van der Waals surface area contributed by atoms with Crippen LogP contribution in [0, 0.1) is 35.6 Å². The third kappa shape index (κ3) is 8.82. The van der Waals surface area contributed by atoms with Gasteiger partial charge in [-0.3, -0.25) is 0 Å². The van der Waals surface area contributed by atoms with E-state index in [1.165, 1.54) is 0 Å². The molecule has 0 aromatic heterocycles. The Morgan fingerprint density at radius 3 is 1.25 bits per heavy atom. The van der Waals surface area contributed by atoms with Crippen molar-refractivity contribution in [2.45, 2.75) is 0 Å². The van der Waals surface area contributed by atoms with E-state index < -0.39 is 0 Å². The minimum atomic E-state index is 0. The molecule has 0 rings (SSSR count). The molecule has 0 aliphatic carbocycles. The summed E-state index contributed by atoms with van der Waals surface area (Å²) in [5.41, 5.74) is 0. The normalized spacial score (nSPS) is 2.25. The van der Waals surface area contributed by atoms with Gasteiger partial charge in [-0.05, 0) is 0 Å². The summed E-state index contributed by atoms with van der Waals surface area (Å²) in [6, 6.07) is 0. The van der Waals surface area contributed by atoms with Crippen LogP contribution in [0.3, 0.4) is 0 Å². The van der Waals surface area contributed by atoms with Crippen LogP contribution in [0.1, 0.15) is 0 Å². The Morgan fingerprint density at radius 1 is 1.25 bits per heavy atom. The Hall–Kier alpha value is 2.45. The standard InChI is InChI=1S/Fe.La.Mn.H3Si/h;;;1H3. The van der Waals surface area contributed by atoms with Gasteiger partial charge in [-0.1, -0.05) is 0 Å². The number of hydrogen-bond donors (Lipinski definition) is 0. The van der Waals surface area contributed by atoms with Crippen LogP contribution in [0.25, 0.3) is 0 Å². The number of rotatable bonds is 0. The summed E-state index contributed by atoms with van der Waals surface area (Å²) in [6.07, 6.45) is 0. The van der Waals surface area contributed by atoms with Crippen LogP contribution in [0.15, 0.2) is 0 Å². The molecule has 0 aliphatic rings. The molecule has 0 N–H and O–H groups in total. The van der Waals surface area contributed by atoms with E-state index in [0.717, 1.165) is 8.85 Å². The van der Waals surface area contributed by atoms with Crippen LogP contribution < -0.4 is 0 Å². The van der Waals surface area contributed by atoms with E-state index in [0.29, 0.717) is 0 Å². The van der Waals surface area contributed by atoms with E-state index in [-0.39, 0.29) is 52.7 Å². The van der Waals surface area contributed by atoms with Gasteiger partial charge in [-0.25, -0.2) is 0 Å². The first kappa shape index (κ1) is 16.1. The van der Waals surface area contributed by atoms with Gasteiger partial charge in [0.2, 0.25) is 0 Å². The molecule has 0 spiro atoms. The zero-order valence-electron chi connectivity index (χ0n) is 2.31. The molecule has 0 aromatic carbocycles.